The van der Waals surface area contributed by atoms with Crippen molar-refractivity contribution in [3.05, 3.63) is 35.9 Å². The molecule has 0 saturated carbocycles. The maximum atomic E-state index is 12.8. The Kier molecular flexibility index (Phi) is 5.93. The van der Waals surface area contributed by atoms with Gasteiger partial charge >= 0.3 is 5.97 Å². The Balaban J connectivity index is 1.66. The fourth-order valence-corrected chi connectivity index (χ4v) is 4.98. The molecule has 0 radical (unpaired) electrons. The molecule has 0 aliphatic carbocycles. The number of amides is 2. The van der Waals surface area contributed by atoms with Crippen LogP contribution in [0.15, 0.2) is 30.3 Å². The van der Waals surface area contributed by atoms with Crippen LogP contribution in [0.2, 0.25) is 0 Å². The Morgan fingerprint density at radius 1 is 1.27 bits per heavy atom. The van der Waals surface area contributed by atoms with Crippen molar-refractivity contribution in [3.8, 4) is 0 Å². The van der Waals surface area contributed by atoms with Crippen molar-refractivity contribution < 1.29 is 19.5 Å². The van der Waals surface area contributed by atoms with Crippen molar-refractivity contribution in [2.75, 3.05) is 5.75 Å². The predicted molar refractivity (Wildman–Crippen MR) is 103 cm³/mol. The Bertz CT molecular complexity index is 725. The van der Waals surface area contributed by atoms with E-state index in [0.29, 0.717) is 18.6 Å². The van der Waals surface area contributed by atoms with E-state index in [1.54, 1.807) is 0 Å². The van der Waals surface area contributed by atoms with Crippen LogP contribution in [0, 0.1) is 0 Å². The summed E-state index contributed by atoms with van der Waals surface area (Å²) in [6.45, 7) is 0. The number of nitrogens with one attached hydrogen (secondary N) is 1. The summed E-state index contributed by atoms with van der Waals surface area (Å²) in [5.41, 5.74) is 0.932. The van der Waals surface area contributed by atoms with E-state index in [1.807, 2.05) is 30.3 Å². The Morgan fingerprint density at radius 2 is 2.00 bits per heavy atom. The molecule has 8 heteroatoms. The molecule has 0 aromatic heterocycles. The van der Waals surface area contributed by atoms with E-state index in [-0.39, 0.29) is 16.1 Å². The second-order valence-corrected chi connectivity index (χ2v) is 8.13. The second-order valence-electron chi connectivity index (χ2n) is 6.43. The van der Waals surface area contributed by atoms with Gasteiger partial charge in [-0.15, -0.1) is 11.8 Å². The normalized spacial score (nSPS) is 25.3. The summed E-state index contributed by atoms with van der Waals surface area (Å²) in [6.07, 6.45) is 2.32. The molecule has 3 rings (SSSR count). The van der Waals surface area contributed by atoms with Crippen molar-refractivity contribution in [3.63, 3.8) is 0 Å². The van der Waals surface area contributed by atoms with Gasteiger partial charge in [-0.25, -0.2) is 4.79 Å². The first-order valence-electron chi connectivity index (χ1n) is 8.51. The molecule has 2 aliphatic heterocycles. The third kappa shape index (κ3) is 4.07. The van der Waals surface area contributed by atoms with Gasteiger partial charge in [-0.3, -0.25) is 9.59 Å². The number of carbonyl (C=O) groups excluding carboxylic acids is 2. The number of fused-ring (bicyclic) bond motifs is 1. The van der Waals surface area contributed by atoms with Crippen LogP contribution in [-0.4, -0.2) is 55.9 Å². The highest BCUT2D eigenvalue weighted by molar-refractivity contribution is 8.00. The minimum Gasteiger partial charge on any atom is -0.480 e. The van der Waals surface area contributed by atoms with Crippen molar-refractivity contribution in [2.24, 2.45) is 0 Å². The van der Waals surface area contributed by atoms with Gasteiger partial charge in [-0.1, -0.05) is 42.5 Å². The number of thioether (sulfide) groups is 1. The van der Waals surface area contributed by atoms with Crippen molar-refractivity contribution in [1.29, 1.82) is 0 Å². The third-order valence-corrected chi connectivity index (χ3v) is 6.33. The van der Waals surface area contributed by atoms with E-state index in [4.69, 9.17) is 12.2 Å². The van der Waals surface area contributed by atoms with Crippen molar-refractivity contribution in [1.82, 2.24) is 10.2 Å². The van der Waals surface area contributed by atoms with E-state index in [0.717, 1.165) is 18.4 Å². The quantitative estimate of drug-likeness (QED) is 0.741. The lowest BCUT2D eigenvalue weighted by Crippen LogP contribution is -2.53. The van der Waals surface area contributed by atoms with Gasteiger partial charge in [0.05, 0.1) is 10.2 Å². The zero-order chi connectivity index (χ0) is 18.7. The molecule has 2 aliphatic rings. The first-order valence-corrected chi connectivity index (χ1v) is 9.97. The summed E-state index contributed by atoms with van der Waals surface area (Å²) in [6, 6.07) is 7.87. The summed E-state index contributed by atoms with van der Waals surface area (Å²) < 4.78 is 0. The first kappa shape index (κ1) is 18.8. The molecule has 1 aromatic rings. The molecular weight excluding hydrogens is 372 g/mol. The number of carbonyl (C=O) groups is 3. The van der Waals surface area contributed by atoms with Gasteiger partial charge in [0.25, 0.3) is 5.91 Å². The number of hydrogen-bond acceptors (Lipinski definition) is 5. The molecule has 0 bridgehead atoms. The van der Waals surface area contributed by atoms with Gasteiger partial charge < -0.3 is 15.3 Å². The highest BCUT2D eigenvalue weighted by atomic mass is 32.2. The Morgan fingerprint density at radius 3 is 2.69 bits per heavy atom. The lowest BCUT2D eigenvalue weighted by atomic mass is 10.1. The summed E-state index contributed by atoms with van der Waals surface area (Å²) in [5.74, 6) is -1.36. The number of benzene rings is 1. The minimum absolute atomic E-state index is 0.123. The number of hydrogen-bond donors (Lipinski definition) is 2. The van der Waals surface area contributed by atoms with Crippen LogP contribution in [-0.2, 0) is 20.8 Å². The van der Waals surface area contributed by atoms with Gasteiger partial charge in [0, 0.05) is 12.2 Å². The molecule has 2 heterocycles. The summed E-state index contributed by atoms with van der Waals surface area (Å²) in [4.78, 5) is 38.4. The monoisotopic (exact) mass is 392 g/mol. The van der Waals surface area contributed by atoms with Crippen LogP contribution in [0.4, 0.5) is 0 Å². The largest absolute Gasteiger partial charge is 0.480 e. The highest BCUT2D eigenvalue weighted by Gasteiger charge is 2.45. The number of nitrogens with zero attached hydrogens (tertiary/aromatic N) is 1. The fourth-order valence-electron chi connectivity index (χ4n) is 3.31. The lowest BCUT2D eigenvalue weighted by molar-refractivity contribution is -0.149. The number of carboxylic acid groups (broad SMARTS) is 1. The Labute approximate surface area is 161 Å². The average Bonchev–Trinajstić information content (AvgIpc) is 2.99. The molecule has 2 amide bonds. The van der Waals surface area contributed by atoms with Crippen LogP contribution in [0.1, 0.15) is 24.8 Å². The fraction of sp³-hybridized carbons (Fsp3) is 0.444. The highest BCUT2D eigenvalue weighted by Crippen LogP contribution is 2.35. The number of thiocarbonyl (C=S) groups is 1. The smallest absolute Gasteiger partial charge is 0.327 e. The van der Waals surface area contributed by atoms with Crippen LogP contribution >= 0.6 is 24.0 Å². The molecule has 138 valence electrons. The number of carboxylic acids is 1. The summed E-state index contributed by atoms with van der Waals surface area (Å²) in [5, 5.41) is 12.0. The molecule has 26 heavy (non-hydrogen) atoms. The predicted octanol–water partition coefficient (Wildman–Crippen LogP) is 1.62. The maximum absolute atomic E-state index is 12.8. The number of rotatable bonds is 5. The van der Waals surface area contributed by atoms with E-state index in [9.17, 15) is 19.5 Å². The molecule has 3 atom stereocenters. The van der Waals surface area contributed by atoms with Crippen LogP contribution < -0.4 is 5.32 Å². The van der Waals surface area contributed by atoms with E-state index in [2.05, 4.69) is 5.32 Å². The van der Waals surface area contributed by atoms with E-state index in [1.165, 1.54) is 16.7 Å². The molecule has 2 N–H and O–H groups in total. The summed E-state index contributed by atoms with van der Waals surface area (Å²) in [7, 11) is 0. The topological polar surface area (TPSA) is 86.7 Å². The summed E-state index contributed by atoms with van der Waals surface area (Å²) >= 11 is 6.72. The lowest BCUT2D eigenvalue weighted by Gasteiger charge is -2.28. The van der Waals surface area contributed by atoms with Gasteiger partial charge in [-0.05, 0) is 24.8 Å². The average molecular weight is 393 g/mol. The van der Waals surface area contributed by atoms with Crippen molar-refractivity contribution in [2.45, 2.75) is 43.1 Å². The molecule has 0 unspecified atom stereocenters. The van der Waals surface area contributed by atoms with E-state index >= 15 is 0 Å². The van der Waals surface area contributed by atoms with Gasteiger partial charge in [0.15, 0.2) is 0 Å². The zero-order valence-corrected chi connectivity index (χ0v) is 15.7. The second kappa shape index (κ2) is 8.18. The third-order valence-electron chi connectivity index (χ3n) is 4.64. The molecule has 6 nitrogen and oxygen atoms in total. The maximum Gasteiger partial charge on any atom is 0.327 e. The minimum atomic E-state index is -1.00. The van der Waals surface area contributed by atoms with Crippen LogP contribution in [0.25, 0.3) is 0 Å². The first-order chi connectivity index (χ1) is 12.5. The molecule has 1 aromatic carbocycles. The van der Waals surface area contributed by atoms with Crippen molar-refractivity contribution >= 4 is 46.6 Å². The number of aliphatic carboxylic acids is 1. The zero-order valence-electron chi connectivity index (χ0n) is 14.1. The van der Waals surface area contributed by atoms with Gasteiger partial charge in [0.2, 0.25) is 5.91 Å². The van der Waals surface area contributed by atoms with E-state index < -0.39 is 24.0 Å². The van der Waals surface area contributed by atoms with Crippen LogP contribution in [0.3, 0.4) is 0 Å². The molecule has 2 fully saturated rings. The standard InChI is InChI=1S/C18H20N2O4S2/c21-16(14(25)9-11-5-2-1-3-6-11)19-12-7-4-8-15-20(17(12)22)13(10-26-15)18(23)24/h1-3,5-6,12-13,15H,4,7-10H2,(H,19,21)(H,23,24)/t12-,13-,15-/m1/s1. The van der Waals surface area contributed by atoms with Gasteiger partial charge in [-0.2, -0.15) is 0 Å². The van der Waals surface area contributed by atoms with Gasteiger partial charge in [0.1, 0.15) is 12.1 Å². The molecule has 0 spiro atoms. The van der Waals surface area contributed by atoms with Crippen LogP contribution in [0.5, 0.6) is 0 Å². The Hall–Kier alpha value is -1.93. The molecular formula is C18H20N2O4S2. The molecule has 2 saturated heterocycles. The SMILES string of the molecule is O=C(N[C@@H]1CCC[C@H]2SC[C@H](C(=O)O)N2C1=O)C(=S)Cc1ccccc1.